The molecule has 0 aliphatic carbocycles. The molecule has 22 heavy (non-hydrogen) atoms. The fourth-order valence-corrected chi connectivity index (χ4v) is 2.67. The number of aromatic nitrogens is 4. The lowest BCUT2D eigenvalue weighted by Gasteiger charge is -2.16. The molecular weight excluding hydrogens is 312 g/mol. The van der Waals surface area contributed by atoms with Crippen LogP contribution in [0.4, 0.5) is 14.5 Å². The molecule has 0 saturated carbocycles. The van der Waals surface area contributed by atoms with Gasteiger partial charge in [-0.3, -0.25) is 4.98 Å². The summed E-state index contributed by atoms with van der Waals surface area (Å²) in [5, 5.41) is 7.72. The number of hydrogen-bond donors (Lipinski definition) is 0. The van der Waals surface area contributed by atoms with E-state index in [9.17, 15) is 8.78 Å². The van der Waals surface area contributed by atoms with Crippen molar-refractivity contribution in [3.63, 3.8) is 0 Å². The topological polar surface area (TPSA) is 67.9 Å². The molecule has 114 valence electrons. The Bertz CT molecular complexity index is 746. The summed E-state index contributed by atoms with van der Waals surface area (Å²) in [6, 6.07) is 3.79. The number of nitrogens with zero attached hydrogens (tertiary/aromatic N) is 5. The van der Waals surface area contributed by atoms with Crippen molar-refractivity contribution in [1.29, 1.82) is 0 Å². The molecule has 6 nitrogen and oxygen atoms in total. The van der Waals surface area contributed by atoms with Gasteiger partial charge in [-0.05, 0) is 12.1 Å². The third kappa shape index (κ3) is 3.08. The van der Waals surface area contributed by atoms with Crippen LogP contribution in [0.5, 0.6) is 0 Å². The summed E-state index contributed by atoms with van der Waals surface area (Å²) in [5.41, 5.74) is 0.956. The van der Waals surface area contributed by atoms with Crippen molar-refractivity contribution in [3.05, 3.63) is 41.6 Å². The van der Waals surface area contributed by atoms with Gasteiger partial charge < -0.3 is 9.32 Å². The van der Waals surface area contributed by atoms with Gasteiger partial charge in [0.05, 0.1) is 24.6 Å². The number of alkyl halides is 2. The summed E-state index contributed by atoms with van der Waals surface area (Å²) in [4.78, 5) is 10.9. The molecule has 0 radical (unpaired) electrons. The molecule has 0 unspecified atom stereocenters. The van der Waals surface area contributed by atoms with E-state index < -0.39 is 12.3 Å². The highest BCUT2D eigenvalue weighted by molar-refractivity contribution is 7.15. The molecule has 0 aliphatic rings. The summed E-state index contributed by atoms with van der Waals surface area (Å²) in [6.07, 6.45) is 2.22. The van der Waals surface area contributed by atoms with Crippen LogP contribution in [-0.4, -0.2) is 27.2 Å². The van der Waals surface area contributed by atoms with Crippen molar-refractivity contribution in [1.82, 2.24) is 20.2 Å². The van der Waals surface area contributed by atoms with E-state index in [0.717, 1.165) is 10.7 Å². The fourth-order valence-electron chi connectivity index (χ4n) is 1.78. The summed E-state index contributed by atoms with van der Waals surface area (Å²) in [6.45, 7) is 0.562. The molecule has 0 spiro atoms. The highest BCUT2D eigenvalue weighted by Gasteiger charge is 2.18. The SMILES string of the molecule is CN(Cc1ncc(-c2nnc(C(F)F)o2)s1)c1cccnc1. The maximum Gasteiger partial charge on any atom is 0.314 e. The zero-order valence-corrected chi connectivity index (χ0v) is 12.3. The Balaban J connectivity index is 1.73. The highest BCUT2D eigenvalue weighted by atomic mass is 32.1. The van der Waals surface area contributed by atoms with Crippen molar-refractivity contribution >= 4 is 17.0 Å². The van der Waals surface area contributed by atoms with E-state index in [1.54, 1.807) is 18.6 Å². The van der Waals surface area contributed by atoms with Crippen LogP contribution in [0.2, 0.25) is 0 Å². The largest absolute Gasteiger partial charge is 0.414 e. The van der Waals surface area contributed by atoms with Gasteiger partial charge in [0.2, 0.25) is 0 Å². The maximum absolute atomic E-state index is 12.4. The maximum atomic E-state index is 12.4. The molecular formula is C13H11F2N5OS. The standard InChI is InChI=1S/C13H11F2N5OS/c1-20(8-3-2-4-16-5-8)7-10-17-6-9(22-10)12-18-19-13(21-12)11(14)15/h2-6,11H,7H2,1H3. The Morgan fingerprint density at radius 3 is 2.86 bits per heavy atom. The molecule has 0 bridgehead atoms. The van der Waals surface area contributed by atoms with Crippen molar-refractivity contribution < 1.29 is 13.2 Å². The van der Waals surface area contributed by atoms with Crippen LogP contribution in [0.25, 0.3) is 10.8 Å². The molecule has 3 rings (SSSR count). The van der Waals surface area contributed by atoms with Crippen molar-refractivity contribution in [2.24, 2.45) is 0 Å². The molecule has 3 aromatic heterocycles. The Kier molecular flexibility index (Phi) is 4.05. The lowest BCUT2D eigenvalue weighted by Crippen LogP contribution is -2.16. The van der Waals surface area contributed by atoms with E-state index in [-0.39, 0.29) is 5.89 Å². The number of halogens is 2. The van der Waals surface area contributed by atoms with Gasteiger partial charge in [0.1, 0.15) is 9.88 Å². The summed E-state index contributed by atoms with van der Waals surface area (Å²) in [7, 11) is 1.92. The van der Waals surface area contributed by atoms with Gasteiger partial charge in [0, 0.05) is 13.2 Å². The summed E-state index contributed by atoms with van der Waals surface area (Å²) >= 11 is 1.32. The molecule has 3 aromatic rings. The monoisotopic (exact) mass is 323 g/mol. The average molecular weight is 323 g/mol. The van der Waals surface area contributed by atoms with E-state index in [4.69, 9.17) is 4.42 Å². The first-order valence-electron chi connectivity index (χ1n) is 6.31. The van der Waals surface area contributed by atoms with Crippen LogP contribution >= 0.6 is 11.3 Å². The number of rotatable bonds is 5. The Hall–Kier alpha value is -2.42. The minimum absolute atomic E-state index is 0.0584. The number of hydrogen-bond acceptors (Lipinski definition) is 7. The van der Waals surface area contributed by atoms with Gasteiger partial charge in [-0.2, -0.15) is 8.78 Å². The van der Waals surface area contributed by atoms with Gasteiger partial charge in [-0.25, -0.2) is 4.98 Å². The van der Waals surface area contributed by atoms with E-state index in [1.165, 1.54) is 11.3 Å². The van der Waals surface area contributed by atoms with Crippen LogP contribution in [0.1, 0.15) is 17.3 Å². The molecule has 9 heteroatoms. The Labute approximate surface area is 128 Å². The molecule has 0 atom stereocenters. The van der Waals surface area contributed by atoms with Gasteiger partial charge in [-0.15, -0.1) is 21.5 Å². The van der Waals surface area contributed by atoms with E-state index in [2.05, 4.69) is 20.2 Å². The Morgan fingerprint density at radius 1 is 1.32 bits per heavy atom. The van der Waals surface area contributed by atoms with Crippen molar-refractivity contribution in [2.45, 2.75) is 13.0 Å². The first kappa shape index (κ1) is 14.5. The summed E-state index contributed by atoms with van der Waals surface area (Å²) < 4.78 is 29.8. The van der Waals surface area contributed by atoms with Crippen LogP contribution in [-0.2, 0) is 6.54 Å². The van der Waals surface area contributed by atoms with Gasteiger partial charge in [-0.1, -0.05) is 0 Å². The zero-order chi connectivity index (χ0) is 15.5. The molecule has 0 aliphatic heterocycles. The molecule has 0 N–H and O–H groups in total. The average Bonchev–Trinajstić information content (AvgIpc) is 3.16. The predicted molar refractivity (Wildman–Crippen MR) is 76.7 cm³/mol. The van der Waals surface area contributed by atoms with Gasteiger partial charge in [0.25, 0.3) is 11.8 Å². The Morgan fingerprint density at radius 2 is 2.18 bits per heavy atom. The van der Waals surface area contributed by atoms with Crippen molar-refractivity contribution in [2.75, 3.05) is 11.9 Å². The van der Waals surface area contributed by atoms with Crippen LogP contribution in [0.3, 0.4) is 0 Å². The minimum Gasteiger partial charge on any atom is -0.414 e. The second-order valence-corrected chi connectivity index (χ2v) is 5.55. The first-order valence-corrected chi connectivity index (χ1v) is 7.13. The third-order valence-electron chi connectivity index (χ3n) is 2.85. The lowest BCUT2D eigenvalue weighted by molar-refractivity contribution is 0.116. The fraction of sp³-hybridized carbons (Fsp3) is 0.231. The van der Waals surface area contributed by atoms with Crippen molar-refractivity contribution in [3.8, 4) is 10.8 Å². The van der Waals surface area contributed by atoms with E-state index in [1.807, 2.05) is 24.1 Å². The third-order valence-corrected chi connectivity index (χ3v) is 3.82. The molecule has 0 aromatic carbocycles. The quantitative estimate of drug-likeness (QED) is 0.718. The highest BCUT2D eigenvalue weighted by Crippen LogP contribution is 2.28. The molecule has 0 saturated heterocycles. The van der Waals surface area contributed by atoms with Crippen LogP contribution in [0.15, 0.2) is 35.1 Å². The summed E-state index contributed by atoms with van der Waals surface area (Å²) in [5.74, 6) is -0.625. The first-order chi connectivity index (χ1) is 10.6. The molecule has 3 heterocycles. The minimum atomic E-state index is -2.77. The van der Waals surface area contributed by atoms with E-state index >= 15 is 0 Å². The van der Waals surface area contributed by atoms with Crippen LogP contribution in [0, 0.1) is 0 Å². The van der Waals surface area contributed by atoms with Gasteiger partial charge >= 0.3 is 6.43 Å². The molecule has 0 amide bonds. The van der Waals surface area contributed by atoms with Gasteiger partial charge in [0.15, 0.2) is 0 Å². The number of pyridine rings is 1. The normalized spacial score (nSPS) is 11.1. The second-order valence-electron chi connectivity index (χ2n) is 4.43. The second kappa shape index (κ2) is 6.14. The number of anilines is 1. The zero-order valence-electron chi connectivity index (χ0n) is 11.5. The lowest BCUT2D eigenvalue weighted by atomic mass is 10.4. The van der Waals surface area contributed by atoms with Crippen LogP contribution < -0.4 is 4.90 Å². The smallest absolute Gasteiger partial charge is 0.314 e. The van der Waals surface area contributed by atoms with E-state index in [0.29, 0.717) is 11.4 Å². The molecule has 0 fully saturated rings. The number of thiazole rings is 1. The predicted octanol–water partition coefficient (Wildman–Crippen LogP) is 3.16.